The van der Waals surface area contributed by atoms with Crippen LogP contribution >= 0.6 is 11.6 Å². The van der Waals surface area contributed by atoms with Crippen LogP contribution in [0.5, 0.6) is 0 Å². The molecule has 3 heterocycles. The molecule has 1 unspecified atom stereocenters. The number of ether oxygens (including phenoxy) is 1. The van der Waals surface area contributed by atoms with Crippen molar-refractivity contribution < 1.29 is 27.8 Å². The van der Waals surface area contributed by atoms with Crippen LogP contribution in [0, 0.1) is 0 Å². The molecular weight excluding hydrogens is 505 g/mol. The monoisotopic (exact) mass is 530 g/mol. The van der Waals surface area contributed by atoms with Crippen LogP contribution in [0.4, 0.5) is 13.2 Å². The van der Waals surface area contributed by atoms with Gasteiger partial charge in [0.25, 0.3) is 0 Å². The molecule has 1 saturated carbocycles. The Bertz CT molecular complexity index is 1220. The molecule has 1 aromatic heterocycles. The standard InChI is InChI=1S/C21H25ClN4O3.C2HF3O2/c22-16-7-5-15(6-8-16)11-24-10-9-21(13-24)14-25-18(12-29-21)23-26(20(28)19(25)27)17-3-1-2-4-17;3-2(4,5)1(6)7/h5-8,17H,1-4,9-14H2;(H,6,7). The van der Waals surface area contributed by atoms with E-state index in [1.807, 2.05) is 24.3 Å². The van der Waals surface area contributed by atoms with E-state index in [0.717, 1.165) is 56.8 Å². The number of aliphatic carboxylic acids is 1. The van der Waals surface area contributed by atoms with Crippen LogP contribution in [0.1, 0.15) is 49.5 Å². The van der Waals surface area contributed by atoms with Crippen molar-refractivity contribution in [1.29, 1.82) is 0 Å². The lowest BCUT2D eigenvalue weighted by Crippen LogP contribution is -2.53. The lowest BCUT2D eigenvalue weighted by atomic mass is 10.0. The molecule has 1 N–H and O–H groups in total. The van der Waals surface area contributed by atoms with Crippen molar-refractivity contribution >= 4 is 17.6 Å². The molecule has 2 aliphatic heterocycles. The van der Waals surface area contributed by atoms with Crippen molar-refractivity contribution in [3.63, 3.8) is 0 Å². The van der Waals surface area contributed by atoms with Crippen LogP contribution in [0.15, 0.2) is 33.9 Å². The predicted octanol–water partition coefficient (Wildman–Crippen LogP) is 2.98. The highest BCUT2D eigenvalue weighted by Crippen LogP contribution is 2.32. The molecule has 1 atom stereocenters. The number of aromatic nitrogens is 3. The Morgan fingerprint density at radius 1 is 1.14 bits per heavy atom. The highest BCUT2D eigenvalue weighted by Gasteiger charge is 2.43. The van der Waals surface area contributed by atoms with Gasteiger partial charge in [0.05, 0.1) is 12.6 Å². The number of rotatable bonds is 3. The summed E-state index contributed by atoms with van der Waals surface area (Å²) in [5.41, 5.74) is -0.188. The summed E-state index contributed by atoms with van der Waals surface area (Å²) >= 11 is 5.97. The average molecular weight is 531 g/mol. The van der Waals surface area contributed by atoms with Gasteiger partial charge in [-0.3, -0.25) is 19.1 Å². The first-order valence-corrected chi connectivity index (χ1v) is 12.0. The fraction of sp³-hybridized carbons (Fsp3) is 0.565. The number of hydrogen-bond acceptors (Lipinski definition) is 6. The van der Waals surface area contributed by atoms with Crippen molar-refractivity contribution in [2.75, 3.05) is 13.1 Å². The molecule has 13 heteroatoms. The molecule has 2 aromatic rings. The Kier molecular flexibility index (Phi) is 7.58. The minimum Gasteiger partial charge on any atom is -0.475 e. The van der Waals surface area contributed by atoms with Gasteiger partial charge in [-0.05, 0) is 37.0 Å². The van der Waals surface area contributed by atoms with Crippen LogP contribution in [0.3, 0.4) is 0 Å². The zero-order valence-electron chi connectivity index (χ0n) is 19.3. The molecule has 9 nitrogen and oxygen atoms in total. The zero-order valence-corrected chi connectivity index (χ0v) is 20.1. The number of likely N-dealkylation sites (tertiary alicyclic amines) is 1. The van der Waals surface area contributed by atoms with Gasteiger partial charge in [-0.2, -0.15) is 18.3 Å². The van der Waals surface area contributed by atoms with E-state index in [1.165, 1.54) is 10.2 Å². The smallest absolute Gasteiger partial charge is 0.475 e. The van der Waals surface area contributed by atoms with Crippen LogP contribution in [0.2, 0.25) is 5.02 Å². The Morgan fingerprint density at radius 2 is 1.78 bits per heavy atom. The van der Waals surface area contributed by atoms with Crippen molar-refractivity contribution in [1.82, 2.24) is 19.2 Å². The minimum absolute atomic E-state index is 0.0540. The quantitative estimate of drug-likeness (QED) is 0.608. The Hall–Kier alpha value is -2.70. The molecule has 1 aliphatic carbocycles. The van der Waals surface area contributed by atoms with Gasteiger partial charge in [-0.15, -0.1) is 0 Å². The van der Waals surface area contributed by atoms with Crippen molar-refractivity contribution in [3.05, 3.63) is 61.4 Å². The number of halogens is 4. The molecule has 1 spiro atoms. The topological polar surface area (TPSA) is 107 Å². The van der Waals surface area contributed by atoms with Crippen LogP contribution in [0.25, 0.3) is 0 Å². The molecule has 1 aromatic carbocycles. The first-order chi connectivity index (χ1) is 17.0. The van der Waals surface area contributed by atoms with Crippen LogP contribution < -0.4 is 11.1 Å². The van der Waals surface area contributed by atoms with E-state index in [9.17, 15) is 22.8 Å². The molecule has 36 heavy (non-hydrogen) atoms. The van der Waals surface area contributed by atoms with Gasteiger partial charge in [0.2, 0.25) is 0 Å². The number of nitrogens with zero attached hydrogens (tertiary/aromatic N) is 4. The SMILES string of the molecule is O=C(O)C(F)(F)F.O=c1c(=O)n2c(nn1C1CCCC1)COC1(CCN(Cc3ccc(Cl)cc3)C1)C2. The Balaban J connectivity index is 0.000000384. The summed E-state index contributed by atoms with van der Waals surface area (Å²) in [7, 11) is 0. The molecule has 0 radical (unpaired) electrons. The van der Waals surface area contributed by atoms with Crippen LogP contribution in [-0.4, -0.2) is 55.2 Å². The van der Waals surface area contributed by atoms with E-state index in [1.54, 1.807) is 4.57 Å². The predicted molar refractivity (Wildman–Crippen MR) is 123 cm³/mol. The zero-order chi connectivity index (χ0) is 26.1. The van der Waals surface area contributed by atoms with Gasteiger partial charge in [0, 0.05) is 24.7 Å². The second-order valence-electron chi connectivity index (χ2n) is 9.36. The first-order valence-electron chi connectivity index (χ1n) is 11.6. The van der Waals surface area contributed by atoms with Gasteiger partial charge in [0.15, 0.2) is 5.82 Å². The number of benzene rings is 1. The summed E-state index contributed by atoms with van der Waals surface area (Å²) in [5.74, 6) is -2.18. The summed E-state index contributed by atoms with van der Waals surface area (Å²) in [6.07, 6.45) is -0.251. The molecule has 196 valence electrons. The summed E-state index contributed by atoms with van der Waals surface area (Å²) in [6.45, 7) is 3.10. The van der Waals surface area contributed by atoms with Crippen molar-refractivity contribution in [3.8, 4) is 0 Å². The summed E-state index contributed by atoms with van der Waals surface area (Å²) in [6, 6.07) is 7.92. The van der Waals surface area contributed by atoms with E-state index in [4.69, 9.17) is 26.2 Å². The third-order valence-electron chi connectivity index (χ3n) is 6.75. The number of carbonyl (C=O) groups is 1. The summed E-state index contributed by atoms with van der Waals surface area (Å²) < 4.78 is 41.0. The third kappa shape index (κ3) is 5.81. The van der Waals surface area contributed by atoms with E-state index >= 15 is 0 Å². The molecule has 5 rings (SSSR count). The van der Waals surface area contributed by atoms with Gasteiger partial charge in [-0.1, -0.05) is 36.6 Å². The van der Waals surface area contributed by atoms with Crippen molar-refractivity contribution in [2.45, 2.75) is 69.6 Å². The minimum atomic E-state index is -5.08. The lowest BCUT2D eigenvalue weighted by Gasteiger charge is -2.35. The van der Waals surface area contributed by atoms with E-state index in [0.29, 0.717) is 12.4 Å². The number of carboxylic acids is 1. The Labute approximate surface area is 209 Å². The highest BCUT2D eigenvalue weighted by molar-refractivity contribution is 6.30. The number of alkyl halides is 3. The van der Waals surface area contributed by atoms with E-state index in [-0.39, 0.29) is 12.6 Å². The number of fused-ring (bicyclic) bond motifs is 1. The molecule has 2 fully saturated rings. The van der Waals surface area contributed by atoms with Gasteiger partial charge >= 0.3 is 23.3 Å². The fourth-order valence-electron chi connectivity index (χ4n) is 4.93. The fourth-order valence-corrected chi connectivity index (χ4v) is 5.06. The second kappa shape index (κ2) is 10.3. The normalized spacial score (nSPS) is 22.3. The molecule has 1 saturated heterocycles. The van der Waals surface area contributed by atoms with Gasteiger partial charge < -0.3 is 9.84 Å². The molecule has 3 aliphatic rings. The number of hydrogen-bond donors (Lipinski definition) is 1. The van der Waals surface area contributed by atoms with Gasteiger partial charge in [-0.25, -0.2) is 9.48 Å². The third-order valence-corrected chi connectivity index (χ3v) is 7.00. The van der Waals surface area contributed by atoms with Crippen molar-refractivity contribution in [2.24, 2.45) is 0 Å². The maximum Gasteiger partial charge on any atom is 0.490 e. The molecule has 0 bridgehead atoms. The molecule has 0 amide bonds. The molecular formula is C23H26ClF3N4O5. The highest BCUT2D eigenvalue weighted by atomic mass is 35.5. The average Bonchev–Trinajstić information content (AvgIpc) is 3.49. The van der Waals surface area contributed by atoms with Gasteiger partial charge in [0.1, 0.15) is 12.2 Å². The maximum atomic E-state index is 12.8. The Morgan fingerprint density at radius 3 is 2.39 bits per heavy atom. The van der Waals surface area contributed by atoms with E-state index < -0.39 is 28.9 Å². The van der Waals surface area contributed by atoms with E-state index in [2.05, 4.69) is 10.00 Å². The first kappa shape index (κ1) is 26.4. The number of carboxylic acid groups (broad SMARTS) is 1. The summed E-state index contributed by atoms with van der Waals surface area (Å²) in [5, 5.41) is 12.4. The largest absolute Gasteiger partial charge is 0.490 e. The summed E-state index contributed by atoms with van der Waals surface area (Å²) in [4.78, 5) is 36.7. The second-order valence-corrected chi connectivity index (χ2v) is 9.79. The maximum absolute atomic E-state index is 12.8. The van der Waals surface area contributed by atoms with Crippen LogP contribution in [-0.2, 0) is 29.2 Å². The lowest BCUT2D eigenvalue weighted by molar-refractivity contribution is -0.192.